The number of nitrogens with zero attached hydrogens (tertiary/aromatic N) is 2. The van der Waals surface area contributed by atoms with Crippen LogP contribution >= 0.6 is 0 Å². The van der Waals surface area contributed by atoms with Gasteiger partial charge in [0.15, 0.2) is 0 Å². The van der Waals surface area contributed by atoms with Gasteiger partial charge < -0.3 is 14.7 Å². The van der Waals surface area contributed by atoms with Crippen molar-refractivity contribution in [1.29, 1.82) is 0 Å². The molecule has 1 saturated heterocycles. The predicted molar refractivity (Wildman–Crippen MR) is 90.8 cm³/mol. The van der Waals surface area contributed by atoms with Crippen molar-refractivity contribution < 1.29 is 4.42 Å². The maximum Gasteiger partial charge on any atom is 0.250 e. The smallest absolute Gasteiger partial charge is 0.250 e. The first kappa shape index (κ1) is 15.6. The van der Waals surface area contributed by atoms with Crippen molar-refractivity contribution in [2.75, 3.05) is 13.1 Å². The Hall–Kier alpha value is -1.92. The van der Waals surface area contributed by atoms with Crippen molar-refractivity contribution in [1.82, 2.24) is 20.2 Å². The van der Waals surface area contributed by atoms with Crippen LogP contribution in [0.25, 0.3) is 0 Å². The first-order valence-corrected chi connectivity index (χ1v) is 8.81. The highest BCUT2D eigenvalue weighted by Gasteiger charge is 2.33. The van der Waals surface area contributed by atoms with Crippen LogP contribution in [0.15, 0.2) is 40.0 Å². The fourth-order valence-corrected chi connectivity index (χ4v) is 3.82. The summed E-state index contributed by atoms with van der Waals surface area (Å²) in [7, 11) is 0. The normalized spacial score (nSPS) is 25.5. The molecular weight excluding hydrogens is 304 g/mol. The molecule has 0 aromatic carbocycles. The highest BCUT2D eigenvalue weighted by molar-refractivity contribution is 5.12. The van der Waals surface area contributed by atoms with Gasteiger partial charge in [-0.1, -0.05) is 0 Å². The molecule has 4 rings (SSSR count). The molecule has 2 N–H and O–H groups in total. The van der Waals surface area contributed by atoms with Gasteiger partial charge in [-0.05, 0) is 37.8 Å². The summed E-state index contributed by atoms with van der Waals surface area (Å²) in [5.74, 6) is 1.48. The molecule has 6 heteroatoms. The van der Waals surface area contributed by atoms with Crippen LogP contribution in [0.4, 0.5) is 0 Å². The summed E-state index contributed by atoms with van der Waals surface area (Å²) in [6, 6.07) is 6.80. The summed E-state index contributed by atoms with van der Waals surface area (Å²) in [6.07, 6.45) is 7.79. The lowest BCUT2D eigenvalue weighted by atomic mass is 9.77. The number of aromatic amines is 1. The number of furan rings is 1. The molecule has 0 radical (unpaired) electrons. The highest BCUT2D eigenvalue weighted by atomic mass is 16.3. The minimum atomic E-state index is -0.0552. The van der Waals surface area contributed by atoms with E-state index in [4.69, 9.17) is 4.42 Å². The van der Waals surface area contributed by atoms with E-state index in [1.807, 2.05) is 12.1 Å². The third-order valence-electron chi connectivity index (χ3n) is 5.27. The number of H-pyrrole nitrogens is 1. The number of hydrogen-bond donors (Lipinski definition) is 2. The van der Waals surface area contributed by atoms with E-state index in [1.165, 1.54) is 19.2 Å². The molecule has 6 nitrogen and oxygen atoms in total. The van der Waals surface area contributed by atoms with Crippen LogP contribution in [0.1, 0.15) is 43.1 Å². The van der Waals surface area contributed by atoms with Crippen molar-refractivity contribution in [2.45, 2.75) is 50.2 Å². The third kappa shape index (κ3) is 3.60. The zero-order valence-corrected chi connectivity index (χ0v) is 13.8. The minimum Gasteiger partial charge on any atom is -0.468 e. The molecule has 24 heavy (non-hydrogen) atoms. The standard InChI is InChI=1S/C18H24N4O2/c23-18-10-17(19-12-20-18)13-8-15(9-13)21-14-3-5-22(6-4-14)11-16-2-1-7-24-16/h1-2,7,10,12-15,21H,3-6,8-9,11H2,(H,19,20,23). The van der Waals surface area contributed by atoms with Gasteiger partial charge in [-0.25, -0.2) is 4.98 Å². The van der Waals surface area contributed by atoms with E-state index in [1.54, 1.807) is 12.3 Å². The molecule has 3 heterocycles. The maximum atomic E-state index is 11.4. The van der Waals surface area contributed by atoms with E-state index >= 15 is 0 Å². The number of nitrogens with one attached hydrogen (secondary N) is 2. The Balaban J connectivity index is 1.19. The Kier molecular flexibility index (Phi) is 4.49. The SMILES string of the molecule is O=c1cc(C2CC(NC3CCN(Cc4ccco4)CC3)C2)nc[nH]1. The first-order chi connectivity index (χ1) is 11.8. The summed E-state index contributed by atoms with van der Waals surface area (Å²) in [6.45, 7) is 3.15. The molecule has 1 aliphatic heterocycles. The summed E-state index contributed by atoms with van der Waals surface area (Å²) >= 11 is 0. The lowest BCUT2D eigenvalue weighted by molar-refractivity contribution is 0.157. The van der Waals surface area contributed by atoms with Gasteiger partial charge >= 0.3 is 0 Å². The predicted octanol–water partition coefficient (Wildman–Crippen LogP) is 1.86. The van der Waals surface area contributed by atoms with Crippen LogP contribution in [0.5, 0.6) is 0 Å². The molecule has 0 atom stereocenters. The van der Waals surface area contributed by atoms with E-state index < -0.39 is 0 Å². The van der Waals surface area contributed by atoms with E-state index in [9.17, 15) is 4.79 Å². The van der Waals surface area contributed by atoms with E-state index in [0.717, 1.165) is 43.9 Å². The molecule has 1 aliphatic carbocycles. The van der Waals surface area contributed by atoms with Crippen molar-refractivity contribution in [3.8, 4) is 0 Å². The molecule has 0 bridgehead atoms. The molecule has 2 aliphatic rings. The second kappa shape index (κ2) is 6.91. The van der Waals surface area contributed by atoms with Gasteiger partial charge in [0.05, 0.1) is 24.8 Å². The molecule has 2 fully saturated rings. The summed E-state index contributed by atoms with van der Waals surface area (Å²) in [5.41, 5.74) is 0.880. The lowest BCUT2D eigenvalue weighted by Crippen LogP contribution is -2.50. The van der Waals surface area contributed by atoms with Crippen LogP contribution in [0, 0.1) is 0 Å². The van der Waals surface area contributed by atoms with Crippen molar-refractivity contribution in [3.63, 3.8) is 0 Å². The number of piperidine rings is 1. The summed E-state index contributed by atoms with van der Waals surface area (Å²) in [4.78, 5) is 20.7. The average Bonchev–Trinajstić information content (AvgIpc) is 3.05. The summed E-state index contributed by atoms with van der Waals surface area (Å²) in [5, 5.41) is 3.79. The molecular formula is C18H24N4O2. The molecule has 2 aromatic rings. The Bertz CT molecular complexity index is 698. The fraction of sp³-hybridized carbons (Fsp3) is 0.556. The van der Waals surface area contributed by atoms with Gasteiger partial charge in [-0.2, -0.15) is 0 Å². The van der Waals surface area contributed by atoms with E-state index in [0.29, 0.717) is 18.0 Å². The van der Waals surface area contributed by atoms with Gasteiger partial charge in [0.2, 0.25) is 0 Å². The average molecular weight is 328 g/mol. The topological polar surface area (TPSA) is 74.2 Å². The van der Waals surface area contributed by atoms with Crippen LogP contribution in [-0.4, -0.2) is 40.0 Å². The van der Waals surface area contributed by atoms with E-state index in [-0.39, 0.29) is 5.56 Å². The molecule has 0 spiro atoms. The number of likely N-dealkylation sites (tertiary alicyclic amines) is 1. The zero-order valence-electron chi connectivity index (χ0n) is 13.8. The molecule has 0 unspecified atom stereocenters. The minimum absolute atomic E-state index is 0.0552. The van der Waals surface area contributed by atoms with Crippen molar-refractivity contribution in [3.05, 3.63) is 52.6 Å². The second-order valence-electron chi connectivity index (χ2n) is 7.00. The molecule has 0 amide bonds. The van der Waals surface area contributed by atoms with Gasteiger partial charge in [0.1, 0.15) is 5.76 Å². The third-order valence-corrected chi connectivity index (χ3v) is 5.27. The van der Waals surface area contributed by atoms with Crippen LogP contribution < -0.4 is 10.9 Å². The monoisotopic (exact) mass is 328 g/mol. The van der Waals surface area contributed by atoms with Crippen LogP contribution in [-0.2, 0) is 6.54 Å². The summed E-state index contributed by atoms with van der Waals surface area (Å²) < 4.78 is 5.43. The van der Waals surface area contributed by atoms with E-state index in [2.05, 4.69) is 20.2 Å². The van der Waals surface area contributed by atoms with Gasteiger partial charge in [0.25, 0.3) is 5.56 Å². The zero-order chi connectivity index (χ0) is 16.4. The Morgan fingerprint density at radius 2 is 2.12 bits per heavy atom. The number of hydrogen-bond acceptors (Lipinski definition) is 5. The maximum absolute atomic E-state index is 11.4. The van der Waals surface area contributed by atoms with Gasteiger partial charge in [-0.15, -0.1) is 0 Å². The first-order valence-electron chi connectivity index (χ1n) is 8.81. The number of aromatic nitrogens is 2. The molecule has 1 saturated carbocycles. The molecule has 128 valence electrons. The Labute approximate surface area is 141 Å². The number of rotatable bonds is 5. The molecule has 2 aromatic heterocycles. The van der Waals surface area contributed by atoms with Crippen LogP contribution in [0.3, 0.4) is 0 Å². The quantitative estimate of drug-likeness (QED) is 0.876. The van der Waals surface area contributed by atoms with Crippen molar-refractivity contribution in [2.24, 2.45) is 0 Å². The van der Waals surface area contributed by atoms with Crippen LogP contribution in [0.2, 0.25) is 0 Å². The van der Waals surface area contributed by atoms with Gasteiger partial charge in [-0.3, -0.25) is 9.69 Å². The lowest BCUT2D eigenvalue weighted by Gasteiger charge is -2.40. The van der Waals surface area contributed by atoms with Crippen molar-refractivity contribution >= 4 is 0 Å². The fourth-order valence-electron chi connectivity index (χ4n) is 3.82. The van der Waals surface area contributed by atoms with Gasteiger partial charge in [0, 0.05) is 37.2 Å². The Morgan fingerprint density at radius 1 is 1.29 bits per heavy atom. The second-order valence-corrected chi connectivity index (χ2v) is 7.00. The highest BCUT2D eigenvalue weighted by Crippen LogP contribution is 2.35. The largest absolute Gasteiger partial charge is 0.468 e. The Morgan fingerprint density at radius 3 is 2.83 bits per heavy atom.